The van der Waals surface area contributed by atoms with E-state index in [1.165, 1.54) is 0 Å². The van der Waals surface area contributed by atoms with E-state index in [2.05, 4.69) is 6.58 Å². The van der Waals surface area contributed by atoms with Gasteiger partial charge in [0.05, 0.1) is 0 Å². The largest absolute Gasteiger partial charge is 0.478 e. The van der Waals surface area contributed by atoms with Crippen molar-refractivity contribution in [3.05, 3.63) is 12.7 Å². The fourth-order valence-electron chi connectivity index (χ4n) is 0. The first kappa shape index (κ1) is 9.36. The Bertz CT molecular complexity index is 66.3. The van der Waals surface area contributed by atoms with Gasteiger partial charge >= 0.3 is 5.97 Å². The minimum atomic E-state index is -0.981. The first-order chi connectivity index (χ1) is 2.27. The molecule has 0 aromatic rings. The Morgan fingerprint density at radius 2 is 2.17 bits per heavy atom. The van der Waals surface area contributed by atoms with Crippen LogP contribution in [0, 0.1) is 0 Å². The van der Waals surface area contributed by atoms with Gasteiger partial charge in [0.2, 0.25) is 0 Å². The number of rotatable bonds is 1. The van der Waals surface area contributed by atoms with Gasteiger partial charge in [-0.2, -0.15) is 0 Å². The normalized spacial score (nSPS) is 5.33. The molecular weight excluding hydrogens is 92.3 g/mol. The van der Waals surface area contributed by atoms with E-state index < -0.39 is 5.97 Å². The van der Waals surface area contributed by atoms with E-state index in [9.17, 15) is 4.79 Å². The van der Waals surface area contributed by atoms with Crippen molar-refractivity contribution < 1.29 is 12.8 Å². The van der Waals surface area contributed by atoms with Crippen molar-refractivity contribution in [2.24, 2.45) is 0 Å². The highest BCUT2D eigenvalue weighted by Crippen LogP contribution is 1.54. The van der Waals surface area contributed by atoms with E-state index in [4.69, 9.17) is 5.11 Å². The highest BCUT2D eigenvalue weighted by atomic mass is 24.3. The third kappa shape index (κ3) is 9.02. The Kier molecular flexibility index (Phi) is 7.76. The van der Waals surface area contributed by atoms with Gasteiger partial charge < -0.3 is 5.11 Å². The van der Waals surface area contributed by atoms with Crippen LogP contribution in [0.4, 0.5) is 0 Å². The summed E-state index contributed by atoms with van der Waals surface area (Å²) in [4.78, 5) is 9.25. The van der Waals surface area contributed by atoms with Crippen LogP contribution in [-0.2, 0) is 4.79 Å². The molecule has 2 nitrogen and oxygen atoms in total. The van der Waals surface area contributed by atoms with Gasteiger partial charge in [0.1, 0.15) is 0 Å². The summed E-state index contributed by atoms with van der Waals surface area (Å²) in [5.41, 5.74) is 0. The quantitative estimate of drug-likeness (QED) is 0.382. The van der Waals surface area contributed by atoms with E-state index in [-0.39, 0.29) is 25.9 Å². The van der Waals surface area contributed by atoms with Crippen molar-refractivity contribution >= 4 is 29.0 Å². The number of carboxylic acids is 1. The second kappa shape index (κ2) is 4.98. The molecular formula is C3H8MgO2. The van der Waals surface area contributed by atoms with E-state index in [0.717, 1.165) is 6.08 Å². The zero-order valence-electron chi connectivity index (χ0n) is 3.35. The highest BCUT2D eigenvalue weighted by Gasteiger charge is 1.73. The van der Waals surface area contributed by atoms with Crippen LogP contribution in [0.25, 0.3) is 0 Å². The van der Waals surface area contributed by atoms with Gasteiger partial charge in [0, 0.05) is 32.0 Å². The van der Waals surface area contributed by atoms with Crippen molar-refractivity contribution in [3.8, 4) is 0 Å². The lowest BCUT2D eigenvalue weighted by molar-refractivity contribution is -0.131. The van der Waals surface area contributed by atoms with Crippen LogP contribution in [0.3, 0.4) is 0 Å². The first-order valence-electron chi connectivity index (χ1n) is 1.12. The van der Waals surface area contributed by atoms with Crippen LogP contribution in [0.2, 0.25) is 0 Å². The first-order valence-corrected chi connectivity index (χ1v) is 1.12. The molecule has 0 fully saturated rings. The van der Waals surface area contributed by atoms with Crippen LogP contribution < -0.4 is 0 Å². The van der Waals surface area contributed by atoms with Crippen molar-refractivity contribution in [1.29, 1.82) is 0 Å². The molecule has 0 aromatic heterocycles. The summed E-state index contributed by atoms with van der Waals surface area (Å²) in [6.45, 7) is 2.96. The molecule has 0 bridgehead atoms. The third-order valence-corrected chi connectivity index (χ3v) is 0.175. The predicted molar refractivity (Wildman–Crippen MR) is 27.8 cm³/mol. The Balaban J connectivity index is -0.0000000267. The Morgan fingerprint density at radius 3 is 2.17 bits per heavy atom. The lowest BCUT2D eigenvalue weighted by Crippen LogP contribution is -1.82. The SMILES string of the molecule is C=CC(=O)O.[HH].[HH].[Mg]. The molecule has 0 heterocycles. The fourth-order valence-corrected chi connectivity index (χ4v) is 0. The molecule has 0 unspecified atom stereocenters. The number of hydrogen-bond acceptors (Lipinski definition) is 1. The van der Waals surface area contributed by atoms with E-state index >= 15 is 0 Å². The molecule has 0 rings (SSSR count). The van der Waals surface area contributed by atoms with Crippen LogP contribution in [0.15, 0.2) is 12.7 Å². The Hall–Kier alpha value is -0.0238. The minimum absolute atomic E-state index is 0. The highest BCUT2D eigenvalue weighted by molar-refractivity contribution is 5.78. The zero-order valence-corrected chi connectivity index (χ0v) is 4.76. The zero-order chi connectivity index (χ0) is 4.28. The molecule has 0 aromatic carbocycles. The fraction of sp³-hybridized carbons (Fsp3) is 0. The molecule has 0 aliphatic heterocycles. The average molecular weight is 100 g/mol. The smallest absolute Gasteiger partial charge is 0.327 e. The second-order valence-electron chi connectivity index (χ2n) is 0.542. The maximum absolute atomic E-state index is 9.25. The Labute approximate surface area is 55.0 Å². The molecule has 0 saturated heterocycles. The third-order valence-electron chi connectivity index (χ3n) is 0.175. The maximum atomic E-state index is 9.25. The van der Waals surface area contributed by atoms with Gasteiger partial charge in [-0.1, -0.05) is 6.58 Å². The van der Waals surface area contributed by atoms with Gasteiger partial charge in [-0.25, -0.2) is 4.79 Å². The van der Waals surface area contributed by atoms with Crippen molar-refractivity contribution in [2.45, 2.75) is 0 Å². The van der Waals surface area contributed by atoms with Gasteiger partial charge in [-0.05, 0) is 0 Å². The predicted octanol–water partition coefficient (Wildman–Crippen LogP) is 0.368. The summed E-state index contributed by atoms with van der Waals surface area (Å²) in [6, 6.07) is 0. The number of hydrogen-bond donors (Lipinski definition) is 1. The molecule has 34 valence electrons. The van der Waals surface area contributed by atoms with Gasteiger partial charge in [-0.3, -0.25) is 0 Å². The van der Waals surface area contributed by atoms with Gasteiger partial charge in [-0.15, -0.1) is 0 Å². The van der Waals surface area contributed by atoms with Crippen molar-refractivity contribution in [2.75, 3.05) is 0 Å². The van der Waals surface area contributed by atoms with E-state index in [1.54, 1.807) is 0 Å². The summed E-state index contributed by atoms with van der Waals surface area (Å²) >= 11 is 0. The molecule has 0 spiro atoms. The lowest BCUT2D eigenvalue weighted by Gasteiger charge is -1.64. The van der Waals surface area contributed by atoms with Crippen molar-refractivity contribution in [1.82, 2.24) is 0 Å². The molecule has 0 aliphatic carbocycles. The van der Waals surface area contributed by atoms with Crippen LogP contribution in [-0.4, -0.2) is 34.1 Å². The average Bonchev–Trinajstić information content (AvgIpc) is 1.38. The summed E-state index contributed by atoms with van der Waals surface area (Å²) in [6.07, 6.45) is 0.833. The molecule has 0 saturated carbocycles. The maximum Gasteiger partial charge on any atom is 0.327 e. The summed E-state index contributed by atoms with van der Waals surface area (Å²) in [5, 5.41) is 7.60. The van der Waals surface area contributed by atoms with Crippen LogP contribution in [0.5, 0.6) is 0 Å². The topological polar surface area (TPSA) is 37.3 Å². The lowest BCUT2D eigenvalue weighted by atomic mass is 10.7. The molecule has 2 radical (unpaired) electrons. The standard InChI is InChI=1S/C3H4O2.Mg.2H2/c1-2-3(4)5;;;/h2H,1H2,(H,4,5);;2*1H. The summed E-state index contributed by atoms with van der Waals surface area (Å²) in [7, 11) is 0. The molecule has 6 heavy (non-hydrogen) atoms. The number of carbonyl (C=O) groups is 1. The second-order valence-corrected chi connectivity index (χ2v) is 0.542. The van der Waals surface area contributed by atoms with E-state index in [0.29, 0.717) is 0 Å². The molecule has 0 aliphatic rings. The molecule has 0 atom stereocenters. The van der Waals surface area contributed by atoms with Crippen LogP contribution in [0.1, 0.15) is 2.85 Å². The summed E-state index contributed by atoms with van der Waals surface area (Å²) < 4.78 is 0. The van der Waals surface area contributed by atoms with Crippen molar-refractivity contribution in [3.63, 3.8) is 0 Å². The number of carboxylic acid groups (broad SMARTS) is 1. The molecule has 1 N–H and O–H groups in total. The molecule has 0 amide bonds. The van der Waals surface area contributed by atoms with Gasteiger partial charge in [0.15, 0.2) is 0 Å². The summed E-state index contributed by atoms with van der Waals surface area (Å²) in [5.74, 6) is -0.981. The molecule has 3 heteroatoms. The number of aliphatic carboxylic acids is 1. The minimum Gasteiger partial charge on any atom is -0.478 e. The van der Waals surface area contributed by atoms with Gasteiger partial charge in [0.25, 0.3) is 0 Å². The van der Waals surface area contributed by atoms with E-state index in [1.807, 2.05) is 0 Å². The Morgan fingerprint density at radius 1 is 2.00 bits per heavy atom. The monoisotopic (exact) mass is 100 g/mol. The van der Waals surface area contributed by atoms with Crippen LogP contribution >= 0.6 is 0 Å².